The molecule has 0 bridgehead atoms. The summed E-state index contributed by atoms with van der Waals surface area (Å²) in [7, 11) is 0. The van der Waals surface area contributed by atoms with Crippen LogP contribution in [0.5, 0.6) is 0 Å². The van der Waals surface area contributed by atoms with Gasteiger partial charge in [0.2, 0.25) is 5.91 Å². The predicted octanol–water partition coefficient (Wildman–Crippen LogP) is 4.78. The molecule has 4 nitrogen and oxygen atoms in total. The first kappa shape index (κ1) is 20.0. The fraction of sp³-hybridized carbons (Fsp3) is 0.385. The van der Waals surface area contributed by atoms with Crippen molar-refractivity contribution in [2.75, 3.05) is 6.54 Å². The molecule has 2 aromatic carbocycles. The Labute approximate surface area is 182 Å². The lowest BCUT2D eigenvalue weighted by atomic mass is 9.89. The highest BCUT2D eigenvalue weighted by Gasteiger charge is 2.37. The van der Waals surface area contributed by atoms with Crippen LogP contribution in [0.4, 0.5) is 4.39 Å². The van der Waals surface area contributed by atoms with E-state index in [1.807, 2.05) is 18.3 Å². The lowest BCUT2D eigenvalue weighted by Gasteiger charge is -2.31. The van der Waals surface area contributed by atoms with Crippen molar-refractivity contribution in [3.8, 4) is 11.1 Å². The molecule has 0 radical (unpaired) electrons. The van der Waals surface area contributed by atoms with E-state index in [0.717, 1.165) is 49.8 Å². The largest absolute Gasteiger partial charge is 0.339 e. The molecular weight excluding hydrogens is 389 g/mol. The van der Waals surface area contributed by atoms with Gasteiger partial charge in [0, 0.05) is 24.2 Å². The van der Waals surface area contributed by atoms with Crippen molar-refractivity contribution in [3.63, 3.8) is 0 Å². The number of aryl methyl sites for hydroxylation is 3. The van der Waals surface area contributed by atoms with Gasteiger partial charge in [-0.25, -0.2) is 4.39 Å². The second kappa shape index (κ2) is 7.95. The highest BCUT2D eigenvalue weighted by atomic mass is 19.1. The van der Waals surface area contributed by atoms with E-state index in [1.165, 1.54) is 40.1 Å². The Kier molecular flexibility index (Phi) is 5.12. The van der Waals surface area contributed by atoms with E-state index in [-0.39, 0.29) is 11.7 Å². The molecule has 1 saturated heterocycles. The maximum Gasteiger partial charge on any atom is 0.226 e. The normalized spacial score (nSPS) is 20.9. The molecule has 1 aromatic heterocycles. The zero-order valence-corrected chi connectivity index (χ0v) is 18.1. The number of fused-ring (bicyclic) bond motifs is 1. The van der Waals surface area contributed by atoms with Crippen LogP contribution in [0, 0.1) is 25.6 Å². The van der Waals surface area contributed by atoms with Gasteiger partial charge in [0.05, 0.1) is 6.20 Å². The molecule has 2 atom stereocenters. The van der Waals surface area contributed by atoms with Crippen LogP contribution in [0.3, 0.4) is 0 Å². The van der Waals surface area contributed by atoms with E-state index in [1.54, 1.807) is 0 Å². The molecule has 2 heterocycles. The van der Waals surface area contributed by atoms with E-state index >= 15 is 0 Å². The number of hydrogen-bond acceptors (Lipinski definition) is 2. The minimum Gasteiger partial charge on any atom is -0.339 e. The minimum atomic E-state index is -0.222. The summed E-state index contributed by atoms with van der Waals surface area (Å²) in [6.45, 7) is 5.09. The zero-order valence-electron chi connectivity index (χ0n) is 18.1. The molecule has 2 aliphatic rings. The number of amides is 1. The number of aromatic amines is 1. The minimum absolute atomic E-state index is 0.0554. The van der Waals surface area contributed by atoms with E-state index in [4.69, 9.17) is 0 Å². The average Bonchev–Trinajstić information content (AvgIpc) is 3.37. The molecular formula is C26H28FN3O. The highest BCUT2D eigenvalue weighted by molar-refractivity contribution is 5.82. The lowest BCUT2D eigenvalue weighted by molar-refractivity contribution is -0.133. The molecule has 31 heavy (non-hydrogen) atoms. The number of nitrogens with one attached hydrogen (secondary N) is 1. The van der Waals surface area contributed by atoms with Gasteiger partial charge in [0.15, 0.2) is 0 Å². The molecule has 0 saturated carbocycles. The van der Waals surface area contributed by atoms with Gasteiger partial charge in [-0.3, -0.25) is 9.89 Å². The SMILES string of the molecule is Cc1cc(-c2ccc(F)cc2)cc(C)c1C[C@@H]1CCN(C2CCc3[nH]ncc3C2)C1=O. The predicted molar refractivity (Wildman–Crippen MR) is 119 cm³/mol. The average molecular weight is 418 g/mol. The van der Waals surface area contributed by atoms with Gasteiger partial charge in [-0.1, -0.05) is 24.3 Å². The van der Waals surface area contributed by atoms with Crippen molar-refractivity contribution >= 4 is 5.91 Å². The third-order valence-corrected chi connectivity index (χ3v) is 7.11. The number of carbonyl (C=O) groups is 1. The van der Waals surface area contributed by atoms with E-state index in [9.17, 15) is 9.18 Å². The Bertz CT molecular complexity index is 1090. The molecule has 1 aliphatic carbocycles. The van der Waals surface area contributed by atoms with Crippen molar-refractivity contribution in [1.82, 2.24) is 15.1 Å². The molecule has 1 aliphatic heterocycles. The Morgan fingerprint density at radius 1 is 1.10 bits per heavy atom. The summed E-state index contributed by atoms with van der Waals surface area (Å²) in [6, 6.07) is 11.2. The molecule has 1 amide bonds. The molecule has 0 spiro atoms. The number of H-pyrrole nitrogens is 1. The van der Waals surface area contributed by atoms with Gasteiger partial charge < -0.3 is 4.90 Å². The third kappa shape index (κ3) is 3.78. The zero-order chi connectivity index (χ0) is 21.5. The fourth-order valence-electron chi connectivity index (χ4n) is 5.35. The van der Waals surface area contributed by atoms with E-state index < -0.39 is 0 Å². The van der Waals surface area contributed by atoms with Crippen molar-refractivity contribution in [2.45, 2.75) is 52.0 Å². The van der Waals surface area contributed by atoms with Crippen molar-refractivity contribution in [2.24, 2.45) is 5.92 Å². The second-order valence-electron chi connectivity index (χ2n) is 9.09. The summed E-state index contributed by atoms with van der Waals surface area (Å²) in [5.74, 6) is 0.137. The quantitative estimate of drug-likeness (QED) is 0.664. The van der Waals surface area contributed by atoms with Gasteiger partial charge in [0.1, 0.15) is 5.82 Å². The van der Waals surface area contributed by atoms with Crippen LogP contribution in [0.1, 0.15) is 40.8 Å². The maximum atomic E-state index is 13.3. The molecule has 1 fully saturated rings. The summed E-state index contributed by atoms with van der Waals surface area (Å²) < 4.78 is 13.3. The molecule has 1 unspecified atom stereocenters. The lowest BCUT2D eigenvalue weighted by Crippen LogP contribution is -2.41. The van der Waals surface area contributed by atoms with Gasteiger partial charge >= 0.3 is 0 Å². The number of hydrogen-bond donors (Lipinski definition) is 1. The van der Waals surface area contributed by atoms with Crippen molar-refractivity contribution in [1.29, 1.82) is 0 Å². The Morgan fingerprint density at radius 2 is 1.84 bits per heavy atom. The van der Waals surface area contributed by atoms with Crippen LogP contribution in [-0.4, -0.2) is 33.6 Å². The van der Waals surface area contributed by atoms with E-state index in [0.29, 0.717) is 11.9 Å². The van der Waals surface area contributed by atoms with Gasteiger partial charge in [0.25, 0.3) is 0 Å². The van der Waals surface area contributed by atoms with Crippen LogP contribution in [-0.2, 0) is 24.1 Å². The summed E-state index contributed by atoms with van der Waals surface area (Å²) in [6.07, 6.45) is 6.52. The number of nitrogens with zero attached hydrogens (tertiary/aromatic N) is 2. The topological polar surface area (TPSA) is 49.0 Å². The Balaban J connectivity index is 1.31. The van der Waals surface area contributed by atoms with Gasteiger partial charge in [-0.05, 0) is 91.5 Å². The number of rotatable bonds is 4. The summed E-state index contributed by atoms with van der Waals surface area (Å²) in [5, 5.41) is 7.24. The summed E-state index contributed by atoms with van der Waals surface area (Å²) in [4.78, 5) is 15.4. The molecule has 160 valence electrons. The highest BCUT2D eigenvalue weighted by Crippen LogP contribution is 2.32. The first-order valence-corrected chi connectivity index (χ1v) is 11.2. The second-order valence-corrected chi connectivity index (χ2v) is 9.09. The molecule has 1 N–H and O–H groups in total. The van der Waals surface area contributed by atoms with Crippen LogP contribution in [0.2, 0.25) is 0 Å². The Hall–Kier alpha value is -2.95. The third-order valence-electron chi connectivity index (χ3n) is 7.11. The number of halogens is 1. The first-order chi connectivity index (χ1) is 15.0. The molecule has 3 aromatic rings. The van der Waals surface area contributed by atoms with Crippen LogP contribution >= 0.6 is 0 Å². The van der Waals surface area contributed by atoms with Crippen molar-refractivity contribution < 1.29 is 9.18 Å². The van der Waals surface area contributed by atoms with Crippen LogP contribution in [0.15, 0.2) is 42.6 Å². The van der Waals surface area contributed by atoms with Gasteiger partial charge in [-0.2, -0.15) is 5.10 Å². The van der Waals surface area contributed by atoms with Crippen molar-refractivity contribution in [3.05, 3.63) is 76.4 Å². The van der Waals surface area contributed by atoms with Crippen LogP contribution in [0.25, 0.3) is 11.1 Å². The monoisotopic (exact) mass is 417 g/mol. The smallest absolute Gasteiger partial charge is 0.226 e. The number of aromatic nitrogens is 2. The first-order valence-electron chi connectivity index (χ1n) is 11.2. The van der Waals surface area contributed by atoms with Crippen LogP contribution < -0.4 is 0 Å². The van der Waals surface area contributed by atoms with E-state index in [2.05, 4.69) is 41.1 Å². The summed E-state index contributed by atoms with van der Waals surface area (Å²) >= 11 is 0. The van der Waals surface area contributed by atoms with Gasteiger partial charge in [-0.15, -0.1) is 0 Å². The number of likely N-dealkylation sites (tertiary alicyclic amines) is 1. The summed E-state index contributed by atoms with van der Waals surface area (Å²) in [5.41, 5.74) is 8.27. The number of carbonyl (C=O) groups excluding carboxylic acids is 1. The fourth-order valence-corrected chi connectivity index (χ4v) is 5.35. The Morgan fingerprint density at radius 3 is 2.58 bits per heavy atom. The molecule has 5 rings (SSSR count). The maximum absolute atomic E-state index is 13.3. The standard InChI is InChI=1S/C26H28FN3O/c1-16-11-20(18-3-5-22(27)6-4-18)12-17(2)24(16)14-19-9-10-30(26(19)31)23-7-8-25-21(13-23)15-28-29-25/h3-6,11-12,15,19,23H,7-10,13-14H2,1-2H3,(H,28,29)/t19-,23?/m0/s1. The number of benzene rings is 2. The molecule has 5 heteroatoms.